The number of aromatic nitrogens is 1. The predicted octanol–water partition coefficient (Wildman–Crippen LogP) is 3.12. The molecule has 0 bridgehead atoms. The van der Waals surface area contributed by atoms with E-state index >= 15 is 0 Å². The second-order valence-corrected chi connectivity index (χ2v) is 6.10. The summed E-state index contributed by atoms with van der Waals surface area (Å²) in [5.41, 5.74) is 0.137. The lowest BCUT2D eigenvalue weighted by Crippen LogP contribution is -2.42. The number of nitrogens with zero attached hydrogens (tertiary/aromatic N) is 2. The smallest absolute Gasteiger partial charge is 0.256 e. The van der Waals surface area contributed by atoms with Crippen LogP contribution in [-0.4, -0.2) is 39.6 Å². The third kappa shape index (κ3) is 3.71. The first-order valence-electron chi connectivity index (χ1n) is 6.88. The highest BCUT2D eigenvalue weighted by Crippen LogP contribution is 2.24. The van der Waals surface area contributed by atoms with Crippen LogP contribution in [-0.2, 0) is 0 Å². The monoisotopic (exact) mass is 306 g/mol. The molecule has 2 aromatic rings. The van der Waals surface area contributed by atoms with E-state index in [-0.39, 0.29) is 12.5 Å². The molecule has 0 atom stereocenters. The van der Waals surface area contributed by atoms with Gasteiger partial charge in [0.25, 0.3) is 5.91 Å². The Bertz CT molecular complexity index is 665. The van der Waals surface area contributed by atoms with Gasteiger partial charge in [-0.3, -0.25) is 9.78 Å². The molecular weight excluding hydrogens is 288 g/mol. The van der Waals surface area contributed by atoms with Gasteiger partial charge in [-0.05, 0) is 39.0 Å². The number of amides is 1. The van der Waals surface area contributed by atoms with Crippen LogP contribution < -0.4 is 0 Å². The van der Waals surface area contributed by atoms with E-state index in [4.69, 9.17) is 11.6 Å². The van der Waals surface area contributed by atoms with Crippen LogP contribution >= 0.6 is 11.6 Å². The van der Waals surface area contributed by atoms with E-state index in [2.05, 4.69) is 4.98 Å². The lowest BCUT2D eigenvalue weighted by Gasteiger charge is -2.28. The highest BCUT2D eigenvalue weighted by molar-refractivity contribution is 6.32. The average molecular weight is 307 g/mol. The third-order valence-electron chi connectivity index (χ3n) is 3.15. The standard InChI is InChI=1S/C16H19ClN2O2/c1-4-19(10-16(2,3)21)15(20)13-9-12(17)8-11-6-5-7-18-14(11)13/h5-9,21H,4,10H2,1-3H3. The maximum atomic E-state index is 12.7. The van der Waals surface area contributed by atoms with Crippen LogP contribution in [0.25, 0.3) is 10.9 Å². The first-order chi connectivity index (χ1) is 9.81. The van der Waals surface area contributed by atoms with E-state index in [1.54, 1.807) is 43.1 Å². The molecule has 0 saturated heterocycles. The highest BCUT2D eigenvalue weighted by atomic mass is 35.5. The van der Waals surface area contributed by atoms with Gasteiger partial charge in [0.15, 0.2) is 0 Å². The lowest BCUT2D eigenvalue weighted by molar-refractivity contribution is 0.0315. The number of benzene rings is 1. The fourth-order valence-corrected chi connectivity index (χ4v) is 2.51. The summed E-state index contributed by atoms with van der Waals surface area (Å²) in [6.07, 6.45) is 1.65. The van der Waals surface area contributed by atoms with Gasteiger partial charge in [0.2, 0.25) is 0 Å². The Hall–Kier alpha value is -1.65. The van der Waals surface area contributed by atoms with Crippen molar-refractivity contribution in [1.82, 2.24) is 9.88 Å². The molecule has 0 fully saturated rings. The van der Waals surface area contributed by atoms with E-state index in [0.717, 1.165) is 5.39 Å². The van der Waals surface area contributed by atoms with Crippen LogP contribution in [0.2, 0.25) is 5.02 Å². The third-order valence-corrected chi connectivity index (χ3v) is 3.37. The molecule has 0 unspecified atom stereocenters. The fourth-order valence-electron chi connectivity index (χ4n) is 2.28. The summed E-state index contributed by atoms with van der Waals surface area (Å²) < 4.78 is 0. The van der Waals surface area contributed by atoms with Crippen LogP contribution in [0.1, 0.15) is 31.1 Å². The minimum Gasteiger partial charge on any atom is -0.389 e. The number of carbonyl (C=O) groups excluding carboxylic acids is 1. The van der Waals surface area contributed by atoms with Crippen molar-refractivity contribution in [3.63, 3.8) is 0 Å². The summed E-state index contributed by atoms with van der Waals surface area (Å²) in [7, 11) is 0. The van der Waals surface area contributed by atoms with E-state index in [1.807, 2.05) is 13.0 Å². The predicted molar refractivity (Wildman–Crippen MR) is 84.6 cm³/mol. The van der Waals surface area contributed by atoms with Gasteiger partial charge in [0, 0.05) is 29.7 Å². The van der Waals surface area contributed by atoms with Gasteiger partial charge in [-0.25, -0.2) is 0 Å². The average Bonchev–Trinajstić information content (AvgIpc) is 2.42. The number of aliphatic hydroxyl groups is 1. The van der Waals surface area contributed by atoms with E-state index in [9.17, 15) is 9.90 Å². The Morgan fingerprint density at radius 2 is 2.14 bits per heavy atom. The van der Waals surface area contributed by atoms with Gasteiger partial charge in [-0.15, -0.1) is 0 Å². The quantitative estimate of drug-likeness (QED) is 0.944. The van der Waals surface area contributed by atoms with E-state index < -0.39 is 5.60 Å². The SMILES string of the molecule is CCN(CC(C)(C)O)C(=O)c1cc(Cl)cc2cccnc12. The molecule has 0 saturated carbocycles. The highest BCUT2D eigenvalue weighted by Gasteiger charge is 2.24. The first-order valence-corrected chi connectivity index (χ1v) is 7.25. The van der Waals surface area contributed by atoms with Crippen molar-refractivity contribution in [1.29, 1.82) is 0 Å². The molecule has 1 aromatic heterocycles. The Morgan fingerprint density at radius 1 is 1.43 bits per heavy atom. The number of hydrogen-bond acceptors (Lipinski definition) is 3. The number of rotatable bonds is 4. The number of pyridine rings is 1. The molecule has 0 radical (unpaired) electrons. The van der Waals surface area contributed by atoms with Gasteiger partial charge in [0.05, 0.1) is 16.7 Å². The summed E-state index contributed by atoms with van der Waals surface area (Å²) in [4.78, 5) is 18.6. The topological polar surface area (TPSA) is 53.4 Å². The van der Waals surface area contributed by atoms with Crippen molar-refractivity contribution in [2.24, 2.45) is 0 Å². The van der Waals surface area contributed by atoms with Crippen LogP contribution in [0.4, 0.5) is 0 Å². The van der Waals surface area contributed by atoms with Crippen LogP contribution in [0, 0.1) is 0 Å². The zero-order chi connectivity index (χ0) is 15.6. The molecule has 112 valence electrons. The maximum absolute atomic E-state index is 12.7. The minimum atomic E-state index is -0.951. The Balaban J connectivity index is 2.47. The van der Waals surface area contributed by atoms with Crippen molar-refractivity contribution in [2.45, 2.75) is 26.4 Å². The summed E-state index contributed by atoms with van der Waals surface area (Å²) >= 11 is 6.10. The zero-order valence-electron chi connectivity index (χ0n) is 12.4. The van der Waals surface area contributed by atoms with Crippen molar-refractivity contribution >= 4 is 28.4 Å². The second kappa shape index (κ2) is 6.00. The van der Waals surface area contributed by atoms with E-state index in [0.29, 0.717) is 22.6 Å². The number of hydrogen-bond donors (Lipinski definition) is 1. The molecule has 5 heteroatoms. The van der Waals surface area contributed by atoms with Crippen molar-refractivity contribution in [3.8, 4) is 0 Å². The minimum absolute atomic E-state index is 0.175. The first kappa shape index (κ1) is 15.7. The number of likely N-dealkylation sites (N-methyl/N-ethyl adjacent to an activating group) is 1. The molecular formula is C16H19ClN2O2. The second-order valence-electron chi connectivity index (χ2n) is 5.66. The van der Waals surface area contributed by atoms with Gasteiger partial charge < -0.3 is 10.0 Å². The number of fused-ring (bicyclic) bond motifs is 1. The number of carbonyl (C=O) groups is 1. The van der Waals surface area contributed by atoms with Crippen LogP contribution in [0.15, 0.2) is 30.5 Å². The molecule has 0 aliphatic heterocycles. The molecule has 4 nitrogen and oxygen atoms in total. The van der Waals surface area contributed by atoms with Crippen molar-refractivity contribution in [3.05, 3.63) is 41.0 Å². The molecule has 0 spiro atoms. The molecule has 1 aromatic carbocycles. The molecule has 21 heavy (non-hydrogen) atoms. The molecule has 1 N–H and O–H groups in total. The van der Waals surface area contributed by atoms with Gasteiger partial charge >= 0.3 is 0 Å². The fraction of sp³-hybridized carbons (Fsp3) is 0.375. The lowest BCUT2D eigenvalue weighted by atomic mass is 10.1. The normalized spacial score (nSPS) is 11.7. The molecule has 1 heterocycles. The Morgan fingerprint density at radius 3 is 2.76 bits per heavy atom. The summed E-state index contributed by atoms with van der Waals surface area (Å²) in [6.45, 7) is 5.99. The number of halogens is 1. The van der Waals surface area contributed by atoms with Gasteiger partial charge in [0.1, 0.15) is 0 Å². The summed E-state index contributed by atoms with van der Waals surface area (Å²) in [6, 6.07) is 7.10. The molecule has 1 amide bonds. The zero-order valence-corrected chi connectivity index (χ0v) is 13.2. The summed E-state index contributed by atoms with van der Waals surface area (Å²) in [5.74, 6) is -0.175. The Labute approximate surface area is 129 Å². The van der Waals surface area contributed by atoms with Gasteiger partial charge in [-0.1, -0.05) is 17.7 Å². The maximum Gasteiger partial charge on any atom is 0.256 e. The van der Waals surface area contributed by atoms with Crippen LogP contribution in [0.5, 0.6) is 0 Å². The van der Waals surface area contributed by atoms with Crippen molar-refractivity contribution in [2.75, 3.05) is 13.1 Å². The molecule has 0 aliphatic carbocycles. The van der Waals surface area contributed by atoms with E-state index in [1.165, 1.54) is 0 Å². The van der Waals surface area contributed by atoms with Gasteiger partial charge in [-0.2, -0.15) is 0 Å². The van der Waals surface area contributed by atoms with Crippen molar-refractivity contribution < 1.29 is 9.90 Å². The molecule has 0 aliphatic rings. The molecule has 2 rings (SSSR count). The summed E-state index contributed by atoms with van der Waals surface area (Å²) in [5, 5.41) is 11.3. The Kier molecular flexibility index (Phi) is 4.49. The van der Waals surface area contributed by atoms with Crippen LogP contribution in [0.3, 0.4) is 0 Å². The largest absolute Gasteiger partial charge is 0.389 e.